The quantitative estimate of drug-likeness (QED) is 0.145. The normalized spacial score (nSPS) is 18.3. The first-order chi connectivity index (χ1) is 22.2. The Labute approximate surface area is 267 Å². The van der Waals surface area contributed by atoms with Crippen molar-refractivity contribution in [2.45, 2.75) is 89.9 Å². The van der Waals surface area contributed by atoms with E-state index < -0.39 is 34.9 Å². The second-order valence-electron chi connectivity index (χ2n) is 12.2. The van der Waals surface area contributed by atoms with E-state index in [9.17, 15) is 17.6 Å². The summed E-state index contributed by atoms with van der Waals surface area (Å²) in [5.41, 5.74) is 2.09. The Morgan fingerprint density at radius 1 is 0.543 bits per heavy atom. The number of rotatable bonds is 12. The zero-order valence-electron chi connectivity index (χ0n) is 26.3. The first-order valence-electron chi connectivity index (χ1n) is 16.3. The number of benzene rings is 3. The van der Waals surface area contributed by atoms with E-state index in [2.05, 4.69) is 0 Å². The van der Waals surface area contributed by atoms with E-state index in [0.717, 1.165) is 25.7 Å². The molecule has 0 aliphatic heterocycles. The third-order valence-electron chi connectivity index (χ3n) is 9.14. The van der Waals surface area contributed by atoms with Crippen molar-refractivity contribution in [3.63, 3.8) is 0 Å². The fourth-order valence-electron chi connectivity index (χ4n) is 6.37. The van der Waals surface area contributed by atoms with Crippen molar-refractivity contribution in [1.82, 2.24) is 0 Å². The maximum atomic E-state index is 15.5. The minimum atomic E-state index is -1.02. The summed E-state index contributed by atoms with van der Waals surface area (Å²) in [4.78, 5) is 0. The summed E-state index contributed by atoms with van der Waals surface area (Å²) in [5.74, 6) is -6.61. The first-order valence-corrected chi connectivity index (χ1v) is 16.3. The summed E-state index contributed by atoms with van der Waals surface area (Å²) in [6.45, 7) is 4.57. The smallest absolute Gasteiger partial charge is 0.201 e. The molecule has 0 spiro atoms. The summed E-state index contributed by atoms with van der Waals surface area (Å²) in [7, 11) is 0. The Hall–Kier alpha value is -3.68. The molecule has 8 heteroatoms. The molecule has 246 valence electrons. The molecule has 0 aromatic heterocycles. The van der Waals surface area contributed by atoms with Crippen LogP contribution in [0.1, 0.15) is 112 Å². The van der Waals surface area contributed by atoms with Gasteiger partial charge in [-0.15, -0.1) is 0 Å². The fourth-order valence-corrected chi connectivity index (χ4v) is 6.37. The van der Waals surface area contributed by atoms with E-state index in [0.29, 0.717) is 62.9 Å². The van der Waals surface area contributed by atoms with Gasteiger partial charge in [0.1, 0.15) is 0 Å². The SMILES string of the molecule is CCCCOc1ccc(C2=CCC(c3ccc(C4CC=C(c5ccc(OCCCC)c(F)c5F)CC4)c(F)c3F)CC2)c(F)c1F. The van der Waals surface area contributed by atoms with Gasteiger partial charge in [-0.05, 0) is 110 Å². The molecule has 2 nitrogen and oxygen atoms in total. The summed E-state index contributed by atoms with van der Waals surface area (Å²) in [5, 5.41) is 0. The highest BCUT2D eigenvalue weighted by Crippen LogP contribution is 2.43. The monoisotopic (exact) mass is 642 g/mol. The van der Waals surface area contributed by atoms with Gasteiger partial charge in [0.2, 0.25) is 11.6 Å². The zero-order valence-corrected chi connectivity index (χ0v) is 26.3. The summed E-state index contributed by atoms with van der Waals surface area (Å²) in [6, 6.07) is 9.11. The maximum Gasteiger partial charge on any atom is 0.201 e. The number of allylic oxidation sites excluding steroid dienone is 4. The lowest BCUT2D eigenvalue weighted by atomic mass is 9.79. The first kappa shape index (κ1) is 33.7. The molecule has 0 amide bonds. The van der Waals surface area contributed by atoms with Gasteiger partial charge in [0.25, 0.3) is 0 Å². The molecule has 2 aliphatic carbocycles. The third kappa shape index (κ3) is 7.16. The molecular formula is C38H40F6O2. The fraction of sp³-hybridized carbons (Fsp3) is 0.421. The number of hydrogen-bond acceptors (Lipinski definition) is 2. The van der Waals surface area contributed by atoms with Crippen LogP contribution >= 0.6 is 0 Å². The molecule has 0 saturated heterocycles. The standard InChI is InChI=1S/C38H40F6O2/c1-3-5-21-45-31-19-17-29(35(41)37(31)43)25-11-7-23(8-12-25)27-15-16-28(34(40)33(27)39)24-9-13-26(14-10-24)30-18-20-32(38(44)36(30)42)46-22-6-4-2/h11,13,15-20,23-24H,3-10,12,14,21-22H2,1-2H3. The highest BCUT2D eigenvalue weighted by Gasteiger charge is 2.28. The largest absolute Gasteiger partial charge is 0.490 e. The lowest BCUT2D eigenvalue weighted by Gasteiger charge is -2.26. The molecule has 0 bridgehead atoms. The second kappa shape index (κ2) is 15.3. The number of hydrogen-bond donors (Lipinski definition) is 0. The molecule has 0 fully saturated rings. The van der Waals surface area contributed by atoms with Crippen molar-refractivity contribution >= 4 is 11.1 Å². The van der Waals surface area contributed by atoms with E-state index in [1.807, 2.05) is 13.8 Å². The van der Waals surface area contributed by atoms with Crippen LogP contribution in [-0.2, 0) is 0 Å². The van der Waals surface area contributed by atoms with Crippen LogP contribution in [0.2, 0.25) is 0 Å². The van der Waals surface area contributed by atoms with Crippen LogP contribution in [0, 0.1) is 34.9 Å². The van der Waals surface area contributed by atoms with Crippen LogP contribution in [0.4, 0.5) is 26.3 Å². The predicted molar refractivity (Wildman–Crippen MR) is 169 cm³/mol. The van der Waals surface area contributed by atoms with Crippen molar-refractivity contribution < 1.29 is 35.8 Å². The molecule has 0 saturated carbocycles. The van der Waals surface area contributed by atoms with E-state index >= 15 is 8.78 Å². The minimum Gasteiger partial charge on any atom is -0.490 e. The van der Waals surface area contributed by atoms with Gasteiger partial charge in [-0.2, -0.15) is 8.78 Å². The number of halogens is 6. The molecular weight excluding hydrogens is 602 g/mol. The molecule has 5 rings (SSSR count). The van der Waals surface area contributed by atoms with Gasteiger partial charge in [-0.25, -0.2) is 17.6 Å². The molecule has 2 atom stereocenters. The Kier molecular flexibility index (Phi) is 11.2. The van der Waals surface area contributed by atoms with E-state index in [1.54, 1.807) is 24.3 Å². The second-order valence-corrected chi connectivity index (χ2v) is 12.2. The topological polar surface area (TPSA) is 18.5 Å². The van der Waals surface area contributed by atoms with Gasteiger partial charge in [-0.1, -0.05) is 51.0 Å². The minimum absolute atomic E-state index is 0.116. The van der Waals surface area contributed by atoms with Crippen molar-refractivity contribution in [3.05, 3.63) is 106 Å². The predicted octanol–water partition coefficient (Wildman–Crippen LogP) is 11.6. The van der Waals surface area contributed by atoms with Crippen molar-refractivity contribution in [2.24, 2.45) is 0 Å². The summed E-state index contributed by atoms with van der Waals surface area (Å²) >= 11 is 0. The third-order valence-corrected chi connectivity index (χ3v) is 9.14. The molecule has 46 heavy (non-hydrogen) atoms. The average Bonchev–Trinajstić information content (AvgIpc) is 3.07. The van der Waals surface area contributed by atoms with E-state index in [1.165, 1.54) is 24.3 Å². The van der Waals surface area contributed by atoms with Gasteiger partial charge in [0.15, 0.2) is 34.8 Å². The van der Waals surface area contributed by atoms with Crippen LogP contribution in [0.25, 0.3) is 11.1 Å². The summed E-state index contributed by atoms with van der Waals surface area (Å²) < 4.78 is 101. The number of ether oxygens (including phenoxy) is 2. The average molecular weight is 643 g/mol. The van der Waals surface area contributed by atoms with Crippen LogP contribution in [0.3, 0.4) is 0 Å². The van der Waals surface area contributed by atoms with Crippen LogP contribution < -0.4 is 9.47 Å². The Morgan fingerprint density at radius 2 is 0.957 bits per heavy atom. The van der Waals surface area contributed by atoms with Crippen molar-refractivity contribution in [1.29, 1.82) is 0 Å². The van der Waals surface area contributed by atoms with Gasteiger partial charge in [0.05, 0.1) is 13.2 Å². The summed E-state index contributed by atoms with van der Waals surface area (Å²) in [6.07, 6.45) is 9.18. The van der Waals surface area contributed by atoms with Crippen LogP contribution in [0.5, 0.6) is 11.5 Å². The molecule has 2 unspecified atom stereocenters. The highest BCUT2D eigenvalue weighted by molar-refractivity contribution is 5.69. The van der Waals surface area contributed by atoms with Gasteiger partial charge in [0, 0.05) is 11.1 Å². The lowest BCUT2D eigenvalue weighted by Crippen LogP contribution is -2.12. The van der Waals surface area contributed by atoms with Gasteiger partial charge < -0.3 is 9.47 Å². The van der Waals surface area contributed by atoms with Crippen LogP contribution in [-0.4, -0.2) is 13.2 Å². The zero-order chi connectivity index (χ0) is 32.8. The van der Waals surface area contributed by atoms with Crippen molar-refractivity contribution in [3.8, 4) is 11.5 Å². The van der Waals surface area contributed by atoms with Crippen molar-refractivity contribution in [2.75, 3.05) is 13.2 Å². The molecule has 0 radical (unpaired) electrons. The van der Waals surface area contributed by atoms with Gasteiger partial charge in [-0.3, -0.25) is 0 Å². The molecule has 3 aromatic rings. The molecule has 2 aliphatic rings. The molecule has 0 heterocycles. The van der Waals surface area contributed by atoms with E-state index in [-0.39, 0.29) is 45.6 Å². The Balaban J connectivity index is 1.25. The van der Waals surface area contributed by atoms with Crippen LogP contribution in [0.15, 0.2) is 48.6 Å². The van der Waals surface area contributed by atoms with E-state index in [4.69, 9.17) is 9.47 Å². The molecule has 0 N–H and O–H groups in total. The lowest BCUT2D eigenvalue weighted by molar-refractivity contribution is 0.288. The van der Waals surface area contributed by atoms with Gasteiger partial charge >= 0.3 is 0 Å². The molecule has 3 aromatic carbocycles. The Morgan fingerprint density at radius 3 is 1.30 bits per heavy atom. The Bertz CT molecular complexity index is 1490. The number of unbranched alkanes of at least 4 members (excludes halogenated alkanes) is 2. The highest BCUT2D eigenvalue weighted by atomic mass is 19.2. The maximum absolute atomic E-state index is 15.5.